The highest BCUT2D eigenvalue weighted by Crippen LogP contribution is 2.26. The lowest BCUT2D eigenvalue weighted by Gasteiger charge is -2.20. The number of benzene rings is 1. The second-order valence-electron chi connectivity index (χ2n) is 5.85. The molecule has 1 saturated heterocycles. The molecule has 0 amide bonds. The summed E-state index contributed by atoms with van der Waals surface area (Å²) in [7, 11) is 0. The molecule has 24 heavy (non-hydrogen) atoms. The number of aromatic nitrogens is 2. The van der Waals surface area contributed by atoms with E-state index in [0.29, 0.717) is 36.1 Å². The molecule has 1 aromatic carbocycles. The van der Waals surface area contributed by atoms with Gasteiger partial charge < -0.3 is 9.63 Å². The highest BCUT2D eigenvalue weighted by Gasteiger charge is 2.33. The van der Waals surface area contributed by atoms with Crippen molar-refractivity contribution in [3.63, 3.8) is 0 Å². The minimum absolute atomic E-state index is 0. The van der Waals surface area contributed by atoms with E-state index in [-0.39, 0.29) is 24.4 Å². The lowest BCUT2D eigenvalue weighted by molar-refractivity contribution is -0.141. The van der Waals surface area contributed by atoms with Crippen molar-refractivity contribution in [2.45, 2.75) is 25.8 Å². The topological polar surface area (TPSA) is 79.5 Å². The van der Waals surface area contributed by atoms with E-state index in [1.807, 2.05) is 31.2 Å². The van der Waals surface area contributed by atoms with E-state index < -0.39 is 5.97 Å². The number of carboxylic acids is 1. The lowest BCUT2D eigenvalue weighted by atomic mass is 10.1. The van der Waals surface area contributed by atoms with E-state index in [0.717, 1.165) is 12.1 Å². The molecule has 0 bridgehead atoms. The van der Waals surface area contributed by atoms with E-state index in [1.165, 1.54) is 0 Å². The summed E-state index contributed by atoms with van der Waals surface area (Å²) in [5.41, 5.74) is 1.06. The summed E-state index contributed by atoms with van der Waals surface area (Å²) in [5.74, 6) is 0.0886. The van der Waals surface area contributed by atoms with Gasteiger partial charge in [-0.1, -0.05) is 28.9 Å². The second kappa shape index (κ2) is 7.96. The first-order chi connectivity index (χ1) is 11.0. The number of nitrogens with zero attached hydrogens (tertiary/aromatic N) is 3. The summed E-state index contributed by atoms with van der Waals surface area (Å²) in [6.45, 7) is 3.21. The van der Waals surface area contributed by atoms with Gasteiger partial charge in [0, 0.05) is 18.0 Å². The lowest BCUT2D eigenvalue weighted by Crippen LogP contribution is -2.26. The molecule has 2 unspecified atom stereocenters. The summed E-state index contributed by atoms with van der Waals surface area (Å²) in [6.07, 6.45) is 1.23. The molecule has 1 N–H and O–H groups in total. The van der Waals surface area contributed by atoms with E-state index in [1.54, 1.807) is 0 Å². The van der Waals surface area contributed by atoms with Crippen molar-refractivity contribution >= 4 is 30.0 Å². The number of halogens is 2. The minimum Gasteiger partial charge on any atom is -0.481 e. The average Bonchev–Trinajstić information content (AvgIpc) is 3.18. The summed E-state index contributed by atoms with van der Waals surface area (Å²) < 4.78 is 5.35. The Morgan fingerprint density at radius 2 is 2.17 bits per heavy atom. The Morgan fingerprint density at radius 1 is 1.46 bits per heavy atom. The maximum absolute atomic E-state index is 11.1. The maximum atomic E-state index is 11.1. The Labute approximate surface area is 151 Å². The van der Waals surface area contributed by atoms with Gasteiger partial charge in [0.05, 0.1) is 12.0 Å². The zero-order valence-corrected chi connectivity index (χ0v) is 14.8. The molecule has 1 aliphatic rings. The van der Waals surface area contributed by atoms with Crippen LogP contribution in [-0.2, 0) is 11.2 Å². The molecule has 8 heteroatoms. The average molecular weight is 372 g/mol. The molecule has 0 aliphatic carbocycles. The fourth-order valence-electron chi connectivity index (χ4n) is 2.79. The van der Waals surface area contributed by atoms with Crippen LogP contribution in [-0.4, -0.2) is 39.2 Å². The molecular formula is C16H19Cl2N3O3. The first-order valence-corrected chi connectivity index (χ1v) is 7.94. The summed E-state index contributed by atoms with van der Waals surface area (Å²) in [6, 6.07) is 7.44. The van der Waals surface area contributed by atoms with Crippen LogP contribution in [0.25, 0.3) is 0 Å². The molecular weight excluding hydrogens is 353 g/mol. The van der Waals surface area contributed by atoms with Crippen molar-refractivity contribution in [1.29, 1.82) is 0 Å². The molecule has 2 atom stereocenters. The number of likely N-dealkylation sites (tertiary alicyclic amines) is 1. The Kier molecular flexibility index (Phi) is 6.21. The largest absolute Gasteiger partial charge is 0.481 e. The van der Waals surface area contributed by atoms with Crippen LogP contribution < -0.4 is 0 Å². The second-order valence-corrected chi connectivity index (χ2v) is 6.28. The van der Waals surface area contributed by atoms with E-state index in [2.05, 4.69) is 15.0 Å². The standard InChI is InChI=1S/C16H18ClN3O3.ClH/c1-10(20-7-6-12(9-20)16(21)22)15-18-14(19-23-15)8-11-2-4-13(17)5-3-11;/h2-5,10,12H,6-9H2,1H3,(H,21,22);1H. The maximum Gasteiger partial charge on any atom is 0.307 e. The van der Waals surface area contributed by atoms with Crippen LogP contribution in [0.2, 0.25) is 5.02 Å². The van der Waals surface area contributed by atoms with Crippen LogP contribution >= 0.6 is 24.0 Å². The molecule has 0 saturated carbocycles. The van der Waals surface area contributed by atoms with Crippen molar-refractivity contribution in [3.05, 3.63) is 46.6 Å². The SMILES string of the molecule is CC(c1nc(Cc2ccc(Cl)cc2)no1)N1CCC(C(=O)O)C1.Cl. The molecule has 0 radical (unpaired) electrons. The number of carboxylic acid groups (broad SMARTS) is 1. The van der Waals surface area contributed by atoms with Gasteiger partial charge in [-0.15, -0.1) is 12.4 Å². The number of aliphatic carboxylic acids is 1. The summed E-state index contributed by atoms with van der Waals surface area (Å²) >= 11 is 5.87. The summed E-state index contributed by atoms with van der Waals surface area (Å²) in [4.78, 5) is 17.6. The van der Waals surface area contributed by atoms with Gasteiger partial charge in [-0.3, -0.25) is 9.69 Å². The highest BCUT2D eigenvalue weighted by atomic mass is 35.5. The third-order valence-electron chi connectivity index (χ3n) is 4.23. The molecule has 1 aliphatic heterocycles. The zero-order chi connectivity index (χ0) is 16.4. The third-order valence-corrected chi connectivity index (χ3v) is 4.49. The van der Waals surface area contributed by atoms with E-state index >= 15 is 0 Å². The predicted molar refractivity (Wildman–Crippen MR) is 91.5 cm³/mol. The van der Waals surface area contributed by atoms with Crippen molar-refractivity contribution in [1.82, 2.24) is 15.0 Å². The first kappa shape index (κ1) is 18.7. The molecule has 1 aromatic heterocycles. The quantitative estimate of drug-likeness (QED) is 0.868. The third kappa shape index (κ3) is 4.26. The number of rotatable bonds is 5. The number of hydrogen-bond donors (Lipinski definition) is 1. The monoisotopic (exact) mass is 371 g/mol. The number of carbonyl (C=O) groups is 1. The van der Waals surface area contributed by atoms with Crippen molar-refractivity contribution in [3.8, 4) is 0 Å². The molecule has 1 fully saturated rings. The molecule has 6 nitrogen and oxygen atoms in total. The van der Waals surface area contributed by atoms with Crippen LogP contribution in [0.3, 0.4) is 0 Å². The van der Waals surface area contributed by atoms with E-state index in [4.69, 9.17) is 21.2 Å². The van der Waals surface area contributed by atoms with Gasteiger partial charge in [0.1, 0.15) is 0 Å². The van der Waals surface area contributed by atoms with Crippen LogP contribution in [0.15, 0.2) is 28.8 Å². The van der Waals surface area contributed by atoms with Gasteiger partial charge in [-0.2, -0.15) is 4.98 Å². The van der Waals surface area contributed by atoms with Crippen molar-refractivity contribution in [2.75, 3.05) is 13.1 Å². The Morgan fingerprint density at radius 3 is 2.79 bits per heavy atom. The summed E-state index contributed by atoms with van der Waals surface area (Å²) in [5, 5.41) is 13.8. The molecule has 3 rings (SSSR count). The Bertz CT molecular complexity index is 690. The van der Waals surface area contributed by atoms with Gasteiger partial charge >= 0.3 is 5.97 Å². The highest BCUT2D eigenvalue weighted by molar-refractivity contribution is 6.30. The van der Waals surface area contributed by atoms with Gasteiger partial charge in [0.25, 0.3) is 0 Å². The zero-order valence-electron chi connectivity index (χ0n) is 13.2. The van der Waals surface area contributed by atoms with Gasteiger partial charge in [0.2, 0.25) is 5.89 Å². The van der Waals surface area contributed by atoms with Gasteiger partial charge in [0.15, 0.2) is 5.82 Å². The van der Waals surface area contributed by atoms with Crippen LogP contribution in [0.4, 0.5) is 0 Å². The van der Waals surface area contributed by atoms with Crippen LogP contribution in [0, 0.1) is 5.92 Å². The van der Waals surface area contributed by atoms with Crippen molar-refractivity contribution < 1.29 is 14.4 Å². The Balaban J connectivity index is 0.00000208. The van der Waals surface area contributed by atoms with Gasteiger partial charge in [-0.05, 0) is 37.6 Å². The molecule has 2 aromatic rings. The fraction of sp³-hybridized carbons (Fsp3) is 0.438. The first-order valence-electron chi connectivity index (χ1n) is 7.56. The van der Waals surface area contributed by atoms with Crippen LogP contribution in [0.5, 0.6) is 0 Å². The van der Waals surface area contributed by atoms with Crippen molar-refractivity contribution in [2.24, 2.45) is 5.92 Å². The van der Waals surface area contributed by atoms with Crippen LogP contribution in [0.1, 0.15) is 36.7 Å². The minimum atomic E-state index is -0.742. The molecule has 0 spiro atoms. The normalized spacial score (nSPS) is 19.0. The van der Waals surface area contributed by atoms with E-state index in [9.17, 15) is 4.79 Å². The number of hydrogen-bond acceptors (Lipinski definition) is 5. The molecule has 2 heterocycles. The molecule has 130 valence electrons. The Hall–Kier alpha value is -1.63. The predicted octanol–water partition coefficient (Wildman–Crippen LogP) is 3.20. The van der Waals surface area contributed by atoms with Gasteiger partial charge in [-0.25, -0.2) is 0 Å². The fourth-order valence-corrected chi connectivity index (χ4v) is 2.92. The smallest absolute Gasteiger partial charge is 0.307 e.